The van der Waals surface area contributed by atoms with Crippen molar-refractivity contribution in [1.29, 1.82) is 0 Å². The number of nitrogens with one attached hydrogen (secondary N) is 1. The summed E-state index contributed by atoms with van der Waals surface area (Å²) in [6.45, 7) is -0.0611. The zero-order valence-corrected chi connectivity index (χ0v) is 21.4. The summed E-state index contributed by atoms with van der Waals surface area (Å²) in [6.07, 6.45) is -0.843. The second kappa shape index (κ2) is 9.68. The molecule has 0 aromatic heterocycles. The minimum absolute atomic E-state index is 0.0466. The van der Waals surface area contributed by atoms with Gasteiger partial charge in [-0.1, -0.05) is 64.5 Å². The molecule has 1 amide bonds. The molecule has 2 aliphatic rings. The van der Waals surface area contributed by atoms with Crippen LogP contribution in [0.4, 0.5) is 4.79 Å². The lowest BCUT2D eigenvalue weighted by atomic mass is 9.98. The Morgan fingerprint density at radius 2 is 1.56 bits per heavy atom. The minimum atomic E-state index is -3.89. The molecule has 3 aromatic rings. The molecule has 0 spiro atoms. The van der Waals surface area contributed by atoms with Gasteiger partial charge in [0.15, 0.2) is 0 Å². The van der Waals surface area contributed by atoms with Crippen LogP contribution in [-0.2, 0) is 19.6 Å². The molecule has 1 heterocycles. The Hall–Kier alpha value is -3.21. The Labute approximate surface area is 217 Å². The fraction of sp³-hybridized carbons (Fsp3) is 0.231. The van der Waals surface area contributed by atoms with Gasteiger partial charge in [0.05, 0.1) is 4.90 Å². The maximum absolute atomic E-state index is 13.0. The van der Waals surface area contributed by atoms with Crippen LogP contribution in [-0.4, -0.2) is 55.7 Å². The van der Waals surface area contributed by atoms with E-state index in [9.17, 15) is 23.1 Å². The highest BCUT2D eigenvalue weighted by atomic mass is 79.9. The molecule has 0 saturated carbocycles. The third-order valence-corrected chi connectivity index (χ3v) is 8.67. The lowest BCUT2D eigenvalue weighted by molar-refractivity contribution is -0.141. The third kappa shape index (κ3) is 4.63. The van der Waals surface area contributed by atoms with Gasteiger partial charge in [-0.05, 0) is 52.9 Å². The zero-order chi connectivity index (χ0) is 25.4. The van der Waals surface area contributed by atoms with Gasteiger partial charge in [0.1, 0.15) is 12.6 Å². The first-order chi connectivity index (χ1) is 17.2. The number of hydrogen-bond donors (Lipinski definition) is 2. The molecule has 8 nitrogen and oxygen atoms in total. The molecule has 1 saturated heterocycles. The fourth-order valence-corrected chi connectivity index (χ4v) is 6.44. The number of carboxylic acid groups (broad SMARTS) is 1. The van der Waals surface area contributed by atoms with E-state index < -0.39 is 34.2 Å². The van der Waals surface area contributed by atoms with Crippen LogP contribution in [0.25, 0.3) is 11.1 Å². The number of fused-ring (bicyclic) bond motifs is 3. The second-order valence-corrected chi connectivity index (χ2v) is 11.4. The number of carbonyl (C=O) groups excluding carboxylic acids is 1. The molecule has 186 valence electrons. The van der Waals surface area contributed by atoms with E-state index in [2.05, 4.69) is 20.7 Å². The van der Waals surface area contributed by atoms with Crippen molar-refractivity contribution in [2.24, 2.45) is 0 Å². The number of rotatable bonds is 6. The summed E-state index contributed by atoms with van der Waals surface area (Å²) in [4.78, 5) is 26.0. The third-order valence-electron chi connectivity index (χ3n) is 6.60. The first-order valence-electron chi connectivity index (χ1n) is 11.4. The quantitative estimate of drug-likeness (QED) is 0.459. The van der Waals surface area contributed by atoms with Gasteiger partial charge in [-0.15, -0.1) is 0 Å². The van der Waals surface area contributed by atoms with Crippen LogP contribution in [0.3, 0.4) is 0 Å². The van der Waals surface area contributed by atoms with Crippen molar-refractivity contribution in [3.63, 3.8) is 0 Å². The van der Waals surface area contributed by atoms with E-state index >= 15 is 0 Å². The highest BCUT2D eigenvalue weighted by molar-refractivity contribution is 9.10. The van der Waals surface area contributed by atoms with Crippen molar-refractivity contribution in [1.82, 2.24) is 9.62 Å². The highest BCUT2D eigenvalue weighted by Gasteiger charge is 2.42. The normalized spacial score (nSPS) is 19.1. The molecule has 2 N–H and O–H groups in total. The molecule has 1 aliphatic carbocycles. The van der Waals surface area contributed by atoms with Gasteiger partial charge >= 0.3 is 12.1 Å². The van der Waals surface area contributed by atoms with Crippen LogP contribution < -0.4 is 4.72 Å². The van der Waals surface area contributed by atoms with Crippen LogP contribution >= 0.6 is 15.9 Å². The summed E-state index contributed by atoms with van der Waals surface area (Å²) in [5.41, 5.74) is 4.26. The van der Waals surface area contributed by atoms with Crippen LogP contribution in [0.5, 0.6) is 0 Å². The van der Waals surface area contributed by atoms with Gasteiger partial charge in [-0.25, -0.2) is 22.7 Å². The van der Waals surface area contributed by atoms with E-state index in [4.69, 9.17) is 4.74 Å². The van der Waals surface area contributed by atoms with Crippen LogP contribution in [0.15, 0.2) is 82.2 Å². The summed E-state index contributed by atoms with van der Waals surface area (Å²) in [5.74, 6) is -1.38. The molecule has 1 fully saturated rings. The van der Waals surface area contributed by atoms with E-state index in [1.54, 1.807) is 12.1 Å². The first-order valence-corrected chi connectivity index (χ1v) is 13.6. The van der Waals surface area contributed by atoms with Crippen molar-refractivity contribution in [2.75, 3.05) is 13.2 Å². The number of carboxylic acids is 1. The number of halogens is 1. The van der Waals surface area contributed by atoms with Crippen molar-refractivity contribution in [3.05, 3.63) is 88.4 Å². The number of aliphatic carboxylic acids is 1. The maximum Gasteiger partial charge on any atom is 0.410 e. The molecule has 0 radical (unpaired) electrons. The van der Waals surface area contributed by atoms with Crippen molar-refractivity contribution < 1.29 is 27.9 Å². The Balaban J connectivity index is 1.29. The summed E-state index contributed by atoms with van der Waals surface area (Å²) in [6, 6.07) is 20.0. The molecular formula is C26H23BrN2O6S. The molecular weight excluding hydrogens is 548 g/mol. The largest absolute Gasteiger partial charge is 0.480 e. The standard InChI is InChI=1S/C26H23BrN2O6S/c27-16-9-11-18(12-10-16)36(33,34)28-17-13-24(25(30)31)29(14-17)26(32)35-15-23-21-7-3-1-5-19(21)20-6-2-4-8-22(20)23/h1-12,17,23-24,28H,13-15H2,(H,30,31)/t17-,24+/m1/s1. The zero-order valence-electron chi connectivity index (χ0n) is 19.0. The Morgan fingerprint density at radius 3 is 2.14 bits per heavy atom. The van der Waals surface area contributed by atoms with Crippen LogP contribution in [0.2, 0.25) is 0 Å². The number of amides is 1. The fourth-order valence-electron chi connectivity index (χ4n) is 4.94. The molecule has 0 bridgehead atoms. The van der Waals surface area contributed by atoms with Gasteiger partial charge in [-0.2, -0.15) is 0 Å². The molecule has 36 heavy (non-hydrogen) atoms. The molecule has 3 aromatic carbocycles. The van der Waals surface area contributed by atoms with E-state index in [1.165, 1.54) is 12.1 Å². The molecule has 5 rings (SSSR count). The molecule has 0 unspecified atom stereocenters. The van der Waals surface area contributed by atoms with E-state index in [0.29, 0.717) is 0 Å². The van der Waals surface area contributed by atoms with Crippen molar-refractivity contribution >= 4 is 38.0 Å². The van der Waals surface area contributed by atoms with Gasteiger partial charge in [0, 0.05) is 23.0 Å². The average molecular weight is 571 g/mol. The number of sulfonamides is 1. The first kappa shape index (κ1) is 24.5. The van der Waals surface area contributed by atoms with E-state index in [0.717, 1.165) is 31.6 Å². The number of likely N-dealkylation sites (tertiary alicyclic amines) is 1. The summed E-state index contributed by atoms with van der Waals surface area (Å²) >= 11 is 3.27. The Morgan fingerprint density at radius 1 is 0.972 bits per heavy atom. The van der Waals surface area contributed by atoms with E-state index in [-0.39, 0.29) is 30.4 Å². The summed E-state index contributed by atoms with van der Waals surface area (Å²) < 4.78 is 34.4. The molecule has 2 atom stereocenters. The number of benzene rings is 3. The van der Waals surface area contributed by atoms with Gasteiger partial charge < -0.3 is 9.84 Å². The van der Waals surface area contributed by atoms with Gasteiger partial charge in [-0.3, -0.25) is 4.90 Å². The lowest BCUT2D eigenvalue weighted by Gasteiger charge is -2.22. The van der Waals surface area contributed by atoms with Gasteiger partial charge in [0.2, 0.25) is 10.0 Å². The van der Waals surface area contributed by atoms with Crippen LogP contribution in [0, 0.1) is 0 Å². The number of hydrogen-bond acceptors (Lipinski definition) is 5. The average Bonchev–Trinajstić information content (AvgIpc) is 3.42. The monoisotopic (exact) mass is 570 g/mol. The Bertz CT molecular complexity index is 1380. The Kier molecular flexibility index (Phi) is 6.59. The minimum Gasteiger partial charge on any atom is -0.480 e. The smallest absolute Gasteiger partial charge is 0.410 e. The second-order valence-electron chi connectivity index (χ2n) is 8.82. The van der Waals surface area contributed by atoms with Crippen molar-refractivity contribution in [3.8, 4) is 11.1 Å². The predicted octanol–water partition coefficient (Wildman–Crippen LogP) is 4.20. The van der Waals surface area contributed by atoms with Gasteiger partial charge in [0.25, 0.3) is 0 Å². The highest BCUT2D eigenvalue weighted by Crippen LogP contribution is 2.44. The molecule has 10 heteroatoms. The van der Waals surface area contributed by atoms with E-state index in [1.807, 2.05) is 48.5 Å². The summed E-state index contributed by atoms with van der Waals surface area (Å²) in [7, 11) is -3.89. The number of carbonyl (C=O) groups is 2. The predicted molar refractivity (Wildman–Crippen MR) is 136 cm³/mol. The van der Waals surface area contributed by atoms with Crippen LogP contribution in [0.1, 0.15) is 23.5 Å². The molecule has 1 aliphatic heterocycles. The summed E-state index contributed by atoms with van der Waals surface area (Å²) in [5, 5.41) is 9.70. The topological polar surface area (TPSA) is 113 Å². The maximum atomic E-state index is 13.0. The number of ether oxygens (including phenoxy) is 1. The van der Waals surface area contributed by atoms with Crippen molar-refractivity contribution in [2.45, 2.75) is 29.3 Å². The lowest BCUT2D eigenvalue weighted by Crippen LogP contribution is -2.42. The number of nitrogens with zero attached hydrogens (tertiary/aromatic N) is 1. The SMILES string of the molecule is O=C(O)[C@@H]1C[C@@H](NS(=O)(=O)c2ccc(Br)cc2)CN1C(=O)OCC1c2ccccc2-c2ccccc21.